The van der Waals surface area contributed by atoms with E-state index in [1.54, 1.807) is 12.1 Å². The Morgan fingerprint density at radius 3 is 1.42 bits per heavy atom. The molecule has 0 aliphatic carbocycles. The quantitative estimate of drug-likeness (QED) is 0.0684. The summed E-state index contributed by atoms with van der Waals surface area (Å²) in [6, 6.07) is 39.6. The zero-order chi connectivity index (χ0) is 35.1. The van der Waals surface area contributed by atoms with Gasteiger partial charge in [0, 0.05) is 25.7 Å². The lowest BCUT2D eigenvalue weighted by Gasteiger charge is -2.51. The molecular weight excluding hydrogens is 633 g/mol. The van der Waals surface area contributed by atoms with Gasteiger partial charge in [0.2, 0.25) is 10.0 Å². The van der Waals surface area contributed by atoms with E-state index in [-0.39, 0.29) is 6.04 Å². The molecule has 4 aromatic carbocycles. The van der Waals surface area contributed by atoms with Crippen molar-refractivity contribution >= 4 is 10.0 Å². The Morgan fingerprint density at radius 1 is 0.560 bits per heavy atom. The van der Waals surface area contributed by atoms with Gasteiger partial charge < -0.3 is 0 Å². The van der Waals surface area contributed by atoms with Gasteiger partial charge in [0.25, 0.3) is 0 Å². The average Bonchev–Trinajstić information content (AvgIpc) is 3.15. The van der Waals surface area contributed by atoms with E-state index in [2.05, 4.69) is 103 Å². The van der Waals surface area contributed by atoms with Crippen molar-refractivity contribution in [1.82, 2.24) is 9.21 Å². The van der Waals surface area contributed by atoms with Crippen molar-refractivity contribution in [2.24, 2.45) is 0 Å². The summed E-state index contributed by atoms with van der Waals surface area (Å²) in [5.41, 5.74) is 4.11. The highest BCUT2D eigenvalue weighted by atomic mass is 32.2. The molecule has 1 saturated heterocycles. The lowest BCUT2D eigenvalue weighted by atomic mass is 9.75. The second-order valence-electron chi connectivity index (χ2n) is 14.4. The van der Waals surface area contributed by atoms with Gasteiger partial charge in [-0.25, -0.2) is 8.42 Å². The number of rotatable bonds is 20. The fraction of sp³-hybridized carbons (Fsp3) is 0.467. The number of hydrogen-bond donors (Lipinski definition) is 0. The fourth-order valence-corrected chi connectivity index (χ4v) is 9.66. The molecule has 1 heterocycles. The zero-order valence-electron chi connectivity index (χ0n) is 30.7. The Balaban J connectivity index is 1.35. The molecule has 4 aromatic rings. The van der Waals surface area contributed by atoms with Crippen molar-refractivity contribution in [3.05, 3.63) is 138 Å². The summed E-state index contributed by atoms with van der Waals surface area (Å²) in [6.07, 6.45) is 17.8. The molecule has 1 aliphatic heterocycles. The highest BCUT2D eigenvalue weighted by Crippen LogP contribution is 2.44. The van der Waals surface area contributed by atoms with E-state index in [1.165, 1.54) is 87.3 Å². The van der Waals surface area contributed by atoms with Crippen LogP contribution in [-0.2, 0) is 15.6 Å². The summed E-state index contributed by atoms with van der Waals surface area (Å²) in [7, 11) is -3.65. The smallest absolute Gasteiger partial charge is 0.243 e. The molecule has 0 radical (unpaired) electrons. The predicted octanol–water partition coefficient (Wildman–Crippen LogP) is 11.1. The van der Waals surface area contributed by atoms with Crippen molar-refractivity contribution in [2.45, 2.75) is 120 Å². The number of nitrogens with zero attached hydrogens (tertiary/aromatic N) is 2. The molecule has 1 atom stereocenters. The minimum absolute atomic E-state index is 0.127. The summed E-state index contributed by atoms with van der Waals surface area (Å²) in [5.74, 6) is 0. The zero-order valence-corrected chi connectivity index (χ0v) is 31.5. The van der Waals surface area contributed by atoms with E-state index in [4.69, 9.17) is 0 Å². The molecule has 4 nitrogen and oxygen atoms in total. The molecule has 0 aromatic heterocycles. The monoisotopic (exact) mass is 692 g/mol. The number of piperazine rings is 1. The van der Waals surface area contributed by atoms with Gasteiger partial charge in [-0.3, -0.25) is 4.90 Å². The number of aryl methyl sites for hydroxylation is 1. The normalized spacial score (nSPS) is 16.1. The van der Waals surface area contributed by atoms with E-state index in [1.807, 2.05) is 23.4 Å². The topological polar surface area (TPSA) is 40.6 Å². The molecule has 268 valence electrons. The van der Waals surface area contributed by atoms with E-state index < -0.39 is 15.6 Å². The minimum atomic E-state index is -3.65. The SMILES string of the molecule is CCCCCCCCCCCCCCCC1CN(C(c2ccccc2)(c2ccccc2)c2ccccc2)CCN1S(=O)(=O)c1ccc(C)cc1. The largest absolute Gasteiger partial charge is 0.283 e. The van der Waals surface area contributed by atoms with Crippen molar-refractivity contribution in [3.8, 4) is 0 Å². The lowest BCUT2D eigenvalue weighted by molar-refractivity contribution is 0.0664. The third-order valence-electron chi connectivity index (χ3n) is 10.7. The summed E-state index contributed by atoms with van der Waals surface area (Å²) in [6.45, 7) is 6.01. The molecule has 1 unspecified atom stereocenters. The minimum Gasteiger partial charge on any atom is -0.283 e. The van der Waals surface area contributed by atoms with E-state index in [0.29, 0.717) is 24.5 Å². The van der Waals surface area contributed by atoms with Gasteiger partial charge in [-0.05, 0) is 42.2 Å². The van der Waals surface area contributed by atoms with Crippen LogP contribution in [0.4, 0.5) is 0 Å². The van der Waals surface area contributed by atoms with Gasteiger partial charge in [0.05, 0.1) is 10.4 Å². The van der Waals surface area contributed by atoms with Crippen LogP contribution in [0.5, 0.6) is 0 Å². The average molecular weight is 693 g/mol. The van der Waals surface area contributed by atoms with E-state index in [9.17, 15) is 8.42 Å². The summed E-state index contributed by atoms with van der Waals surface area (Å²) in [4.78, 5) is 2.97. The Labute approximate surface area is 304 Å². The highest BCUT2D eigenvalue weighted by Gasteiger charge is 2.47. The Kier molecular flexibility index (Phi) is 14.7. The van der Waals surface area contributed by atoms with Crippen LogP contribution in [0.1, 0.15) is 119 Å². The first-order chi connectivity index (χ1) is 24.5. The molecule has 50 heavy (non-hydrogen) atoms. The molecule has 1 aliphatic rings. The summed E-state index contributed by atoms with van der Waals surface area (Å²) in [5, 5.41) is 0. The third-order valence-corrected chi connectivity index (χ3v) is 12.7. The van der Waals surface area contributed by atoms with Crippen LogP contribution in [0.15, 0.2) is 120 Å². The van der Waals surface area contributed by atoms with Crippen LogP contribution >= 0.6 is 0 Å². The van der Waals surface area contributed by atoms with E-state index in [0.717, 1.165) is 24.8 Å². The van der Waals surface area contributed by atoms with Gasteiger partial charge in [0.1, 0.15) is 0 Å². The standard InChI is InChI=1S/C45H60N2O2S/c1-3-4-5-6-7-8-9-10-11-12-13-14-24-31-43-38-46(36-37-47(43)50(48,49)44-34-32-39(2)33-35-44)45(40-25-18-15-19-26-40,41-27-20-16-21-28-41)42-29-22-17-23-30-42/h15-23,25-30,32-35,43H,3-14,24,31,36-38H2,1-2H3. The number of unbranched alkanes of at least 4 members (excludes halogenated alkanes) is 12. The van der Waals surface area contributed by atoms with Crippen molar-refractivity contribution < 1.29 is 8.42 Å². The first-order valence-corrected chi connectivity index (χ1v) is 20.9. The molecule has 1 fully saturated rings. The lowest BCUT2D eigenvalue weighted by Crippen LogP contribution is -2.61. The van der Waals surface area contributed by atoms with Crippen LogP contribution in [0.25, 0.3) is 0 Å². The van der Waals surface area contributed by atoms with Crippen LogP contribution in [-0.4, -0.2) is 43.3 Å². The van der Waals surface area contributed by atoms with Gasteiger partial charge >= 0.3 is 0 Å². The Bertz CT molecular complexity index is 1530. The van der Waals surface area contributed by atoms with Crippen LogP contribution < -0.4 is 0 Å². The number of hydrogen-bond acceptors (Lipinski definition) is 3. The van der Waals surface area contributed by atoms with Crippen LogP contribution in [0.2, 0.25) is 0 Å². The maximum absolute atomic E-state index is 14.3. The van der Waals surface area contributed by atoms with E-state index >= 15 is 0 Å². The highest BCUT2D eigenvalue weighted by molar-refractivity contribution is 7.89. The molecule has 5 rings (SSSR count). The Hall–Kier alpha value is -3.25. The maximum Gasteiger partial charge on any atom is 0.243 e. The first-order valence-electron chi connectivity index (χ1n) is 19.5. The second kappa shape index (κ2) is 19.4. The van der Waals surface area contributed by atoms with Gasteiger partial charge in [-0.2, -0.15) is 4.31 Å². The van der Waals surface area contributed by atoms with Crippen molar-refractivity contribution in [3.63, 3.8) is 0 Å². The summed E-state index contributed by atoms with van der Waals surface area (Å²) < 4.78 is 30.5. The molecule has 0 N–H and O–H groups in total. The third kappa shape index (κ3) is 9.54. The number of sulfonamides is 1. The molecule has 0 spiro atoms. The van der Waals surface area contributed by atoms with Crippen LogP contribution in [0.3, 0.4) is 0 Å². The number of benzene rings is 4. The predicted molar refractivity (Wildman–Crippen MR) is 210 cm³/mol. The van der Waals surface area contributed by atoms with Gasteiger partial charge in [-0.15, -0.1) is 0 Å². The molecule has 0 saturated carbocycles. The Morgan fingerprint density at radius 2 is 0.980 bits per heavy atom. The molecule has 0 amide bonds. The van der Waals surface area contributed by atoms with Crippen LogP contribution in [0, 0.1) is 6.92 Å². The molecule has 0 bridgehead atoms. The molecule has 5 heteroatoms. The van der Waals surface area contributed by atoms with Crippen molar-refractivity contribution in [1.29, 1.82) is 0 Å². The van der Waals surface area contributed by atoms with Gasteiger partial charge in [0.15, 0.2) is 0 Å². The second-order valence-corrected chi connectivity index (χ2v) is 16.3. The fourth-order valence-electron chi connectivity index (χ4n) is 8.02. The first kappa shape index (κ1) is 38.0. The maximum atomic E-state index is 14.3. The molecular formula is C45H60N2O2S. The van der Waals surface area contributed by atoms with Gasteiger partial charge in [-0.1, -0.05) is 199 Å². The summed E-state index contributed by atoms with van der Waals surface area (Å²) >= 11 is 0. The van der Waals surface area contributed by atoms with Crippen molar-refractivity contribution in [2.75, 3.05) is 19.6 Å².